The summed E-state index contributed by atoms with van der Waals surface area (Å²) >= 11 is 1.56. The molecule has 0 spiro atoms. The maximum atomic E-state index is 11.2. The second-order valence-electron chi connectivity index (χ2n) is 5.91. The summed E-state index contributed by atoms with van der Waals surface area (Å²) in [5.74, 6) is 1.86. The molecule has 1 aromatic heterocycles. The second-order valence-corrected chi connectivity index (χ2v) is 6.92. The molecule has 1 aromatic rings. The van der Waals surface area contributed by atoms with Crippen LogP contribution >= 0.6 is 11.3 Å². The number of anilines is 1. The Hall–Kier alpha value is -0.900. The Morgan fingerprint density at radius 3 is 2.74 bits per heavy atom. The van der Waals surface area contributed by atoms with Crippen LogP contribution in [0.5, 0.6) is 0 Å². The Balaban J connectivity index is 2.18. The summed E-state index contributed by atoms with van der Waals surface area (Å²) in [6.45, 7) is 11.0. The van der Waals surface area contributed by atoms with Crippen molar-refractivity contribution in [3.63, 3.8) is 0 Å². The van der Waals surface area contributed by atoms with E-state index >= 15 is 0 Å². The Morgan fingerprint density at radius 2 is 2.21 bits per heavy atom. The zero-order valence-electron chi connectivity index (χ0n) is 12.3. The van der Waals surface area contributed by atoms with Crippen molar-refractivity contribution in [1.82, 2.24) is 4.98 Å². The minimum absolute atomic E-state index is 0.369. The highest BCUT2D eigenvalue weighted by Gasteiger charge is 2.28. The molecule has 1 aliphatic rings. The molecule has 2 atom stereocenters. The van der Waals surface area contributed by atoms with E-state index in [0.29, 0.717) is 5.92 Å². The van der Waals surface area contributed by atoms with Crippen molar-refractivity contribution in [2.75, 3.05) is 18.0 Å². The molecule has 0 bridgehead atoms. The third kappa shape index (κ3) is 2.99. The Morgan fingerprint density at radius 1 is 1.47 bits per heavy atom. The second kappa shape index (κ2) is 6.04. The highest BCUT2D eigenvalue weighted by molar-refractivity contribution is 7.17. The molecule has 4 heteroatoms. The first-order chi connectivity index (χ1) is 9.06. The number of aldehydes is 1. The quantitative estimate of drug-likeness (QED) is 0.766. The largest absolute Gasteiger partial charge is 0.348 e. The molecule has 0 radical (unpaired) electrons. The molecule has 0 amide bonds. The van der Waals surface area contributed by atoms with Gasteiger partial charge in [-0.2, -0.15) is 0 Å². The van der Waals surface area contributed by atoms with E-state index in [1.54, 1.807) is 11.3 Å². The van der Waals surface area contributed by atoms with E-state index in [0.717, 1.165) is 53.3 Å². The van der Waals surface area contributed by atoms with Gasteiger partial charge in [0.05, 0.1) is 10.6 Å². The molecule has 0 saturated carbocycles. The average molecular weight is 280 g/mol. The van der Waals surface area contributed by atoms with Gasteiger partial charge in [0.25, 0.3) is 0 Å². The first-order valence-electron chi connectivity index (χ1n) is 7.27. The van der Waals surface area contributed by atoms with Gasteiger partial charge in [-0.1, -0.05) is 39.0 Å². The minimum Gasteiger partial charge on any atom is -0.348 e. The Labute approximate surface area is 120 Å². The van der Waals surface area contributed by atoms with Crippen LogP contribution in [0.1, 0.15) is 61.8 Å². The third-order valence-corrected chi connectivity index (χ3v) is 5.35. The van der Waals surface area contributed by atoms with E-state index in [4.69, 9.17) is 4.98 Å². The maximum absolute atomic E-state index is 11.2. The third-order valence-electron chi connectivity index (χ3n) is 4.29. The summed E-state index contributed by atoms with van der Waals surface area (Å²) in [4.78, 5) is 19.1. The van der Waals surface area contributed by atoms with Gasteiger partial charge in [-0.05, 0) is 30.6 Å². The molecule has 0 aliphatic carbocycles. The number of carbonyl (C=O) groups excluding carboxylic acids is 1. The van der Waals surface area contributed by atoms with E-state index in [9.17, 15) is 4.79 Å². The molecule has 2 unspecified atom stereocenters. The van der Waals surface area contributed by atoms with Crippen LogP contribution in [-0.4, -0.2) is 24.4 Å². The van der Waals surface area contributed by atoms with Gasteiger partial charge >= 0.3 is 0 Å². The first kappa shape index (κ1) is 14.5. The van der Waals surface area contributed by atoms with Crippen molar-refractivity contribution in [3.05, 3.63) is 10.6 Å². The highest BCUT2D eigenvalue weighted by Crippen LogP contribution is 2.34. The van der Waals surface area contributed by atoms with Crippen LogP contribution in [0, 0.1) is 11.8 Å². The molecule has 3 nitrogen and oxygen atoms in total. The van der Waals surface area contributed by atoms with Gasteiger partial charge < -0.3 is 4.90 Å². The SMILES string of the molecule is CCC(C)c1nc(N2CCC(C(C)C)C2)sc1C=O. The van der Waals surface area contributed by atoms with Gasteiger partial charge in [-0.3, -0.25) is 4.79 Å². The maximum Gasteiger partial charge on any atom is 0.186 e. The number of hydrogen-bond acceptors (Lipinski definition) is 4. The lowest BCUT2D eigenvalue weighted by Gasteiger charge is -2.17. The summed E-state index contributed by atoms with van der Waals surface area (Å²) in [5.41, 5.74) is 0.991. The van der Waals surface area contributed by atoms with Gasteiger partial charge in [0, 0.05) is 13.1 Å². The van der Waals surface area contributed by atoms with Crippen LogP contribution in [-0.2, 0) is 0 Å². The molecule has 1 fully saturated rings. The highest BCUT2D eigenvalue weighted by atomic mass is 32.1. The van der Waals surface area contributed by atoms with Crippen LogP contribution in [0.15, 0.2) is 0 Å². The van der Waals surface area contributed by atoms with E-state index in [-0.39, 0.29) is 0 Å². The van der Waals surface area contributed by atoms with E-state index in [1.807, 2.05) is 0 Å². The summed E-state index contributed by atoms with van der Waals surface area (Å²) < 4.78 is 0. The van der Waals surface area contributed by atoms with Gasteiger partial charge in [-0.15, -0.1) is 0 Å². The molecular formula is C15H24N2OS. The molecule has 2 heterocycles. The standard InChI is InChI=1S/C15H24N2OS/c1-5-11(4)14-13(9-18)19-15(16-14)17-7-6-12(8-17)10(2)3/h9-12H,5-8H2,1-4H3. The number of nitrogens with zero attached hydrogens (tertiary/aromatic N) is 2. The van der Waals surface area contributed by atoms with Gasteiger partial charge in [0.1, 0.15) is 0 Å². The normalized spacial score (nSPS) is 21.1. The van der Waals surface area contributed by atoms with Crippen LogP contribution < -0.4 is 4.90 Å². The monoisotopic (exact) mass is 280 g/mol. The fourth-order valence-corrected chi connectivity index (χ4v) is 3.64. The van der Waals surface area contributed by atoms with E-state index in [1.165, 1.54) is 6.42 Å². The fourth-order valence-electron chi connectivity index (χ4n) is 2.60. The summed E-state index contributed by atoms with van der Waals surface area (Å²) in [6, 6.07) is 0. The molecular weight excluding hydrogens is 256 g/mol. The van der Waals surface area contributed by atoms with Crippen LogP contribution in [0.3, 0.4) is 0 Å². The fraction of sp³-hybridized carbons (Fsp3) is 0.733. The Bertz CT molecular complexity index is 441. The lowest BCUT2D eigenvalue weighted by molar-refractivity contribution is 0.112. The number of carbonyl (C=O) groups is 1. The van der Waals surface area contributed by atoms with Crippen molar-refractivity contribution < 1.29 is 4.79 Å². The van der Waals surface area contributed by atoms with Crippen molar-refractivity contribution in [3.8, 4) is 0 Å². The minimum atomic E-state index is 0.369. The van der Waals surface area contributed by atoms with E-state index in [2.05, 4.69) is 32.6 Å². The lowest BCUT2D eigenvalue weighted by atomic mass is 9.95. The van der Waals surface area contributed by atoms with Gasteiger partial charge in [-0.25, -0.2) is 4.98 Å². The number of rotatable bonds is 5. The number of hydrogen-bond donors (Lipinski definition) is 0. The summed E-state index contributed by atoms with van der Waals surface area (Å²) in [7, 11) is 0. The Kier molecular flexibility index (Phi) is 4.61. The molecule has 0 aromatic carbocycles. The van der Waals surface area contributed by atoms with E-state index < -0.39 is 0 Å². The zero-order valence-corrected chi connectivity index (χ0v) is 13.2. The van der Waals surface area contributed by atoms with Crippen molar-refractivity contribution in [2.24, 2.45) is 11.8 Å². The molecule has 1 aliphatic heterocycles. The van der Waals surface area contributed by atoms with Gasteiger partial charge in [0.2, 0.25) is 0 Å². The smallest absolute Gasteiger partial charge is 0.186 e. The van der Waals surface area contributed by atoms with Crippen molar-refractivity contribution in [1.29, 1.82) is 0 Å². The predicted octanol–water partition coefficient (Wildman–Crippen LogP) is 3.95. The average Bonchev–Trinajstić information content (AvgIpc) is 3.03. The molecule has 2 rings (SSSR count). The number of thiazole rings is 1. The first-order valence-corrected chi connectivity index (χ1v) is 8.09. The van der Waals surface area contributed by atoms with Crippen LogP contribution in [0.25, 0.3) is 0 Å². The number of aromatic nitrogens is 1. The lowest BCUT2D eigenvalue weighted by Crippen LogP contribution is -2.21. The zero-order chi connectivity index (χ0) is 14.0. The summed E-state index contributed by atoms with van der Waals surface area (Å²) in [5, 5.41) is 1.04. The van der Waals surface area contributed by atoms with Crippen LogP contribution in [0.4, 0.5) is 5.13 Å². The topological polar surface area (TPSA) is 33.2 Å². The molecule has 0 N–H and O–H groups in total. The summed E-state index contributed by atoms with van der Waals surface area (Å²) in [6.07, 6.45) is 3.24. The molecule has 1 saturated heterocycles. The van der Waals surface area contributed by atoms with Crippen molar-refractivity contribution in [2.45, 2.75) is 46.5 Å². The van der Waals surface area contributed by atoms with Crippen LogP contribution in [0.2, 0.25) is 0 Å². The molecule has 19 heavy (non-hydrogen) atoms. The van der Waals surface area contributed by atoms with Gasteiger partial charge in [0.15, 0.2) is 11.4 Å². The van der Waals surface area contributed by atoms with Crippen molar-refractivity contribution >= 4 is 22.8 Å². The molecule has 106 valence electrons. The predicted molar refractivity (Wildman–Crippen MR) is 81.4 cm³/mol.